The van der Waals surface area contributed by atoms with E-state index in [1.807, 2.05) is 55.5 Å². The van der Waals surface area contributed by atoms with Crippen LogP contribution in [-0.2, 0) is 7.05 Å². The van der Waals surface area contributed by atoms with Crippen molar-refractivity contribution in [3.8, 4) is 11.4 Å². The van der Waals surface area contributed by atoms with Crippen LogP contribution in [0.3, 0.4) is 0 Å². The van der Waals surface area contributed by atoms with Gasteiger partial charge in [0, 0.05) is 12.6 Å². The van der Waals surface area contributed by atoms with Crippen molar-refractivity contribution in [3.63, 3.8) is 0 Å². The summed E-state index contributed by atoms with van der Waals surface area (Å²) in [4.78, 5) is 17.0. The fraction of sp³-hybridized carbons (Fsp3) is 0.125. The largest absolute Gasteiger partial charge is 0.295 e. The summed E-state index contributed by atoms with van der Waals surface area (Å²) in [5, 5.41) is 0.669. The fourth-order valence-corrected chi connectivity index (χ4v) is 2.23. The average molecular weight is 250 g/mol. The molecular formula is C16H14N2O. The van der Waals surface area contributed by atoms with Crippen molar-refractivity contribution >= 4 is 10.9 Å². The normalized spacial score (nSPS) is 10.8. The van der Waals surface area contributed by atoms with Gasteiger partial charge < -0.3 is 0 Å². The number of hydrogen-bond donors (Lipinski definition) is 0. The van der Waals surface area contributed by atoms with Crippen LogP contribution in [0.5, 0.6) is 0 Å². The zero-order chi connectivity index (χ0) is 13.4. The molecule has 3 heteroatoms. The average Bonchev–Trinajstić information content (AvgIpc) is 2.44. The van der Waals surface area contributed by atoms with Crippen LogP contribution in [0.2, 0.25) is 0 Å². The summed E-state index contributed by atoms with van der Waals surface area (Å²) < 4.78 is 1.61. The molecule has 0 bridgehead atoms. The van der Waals surface area contributed by atoms with Crippen molar-refractivity contribution < 1.29 is 0 Å². The predicted octanol–water partition coefficient (Wildman–Crippen LogP) is 2.91. The Morgan fingerprint density at radius 1 is 1.05 bits per heavy atom. The SMILES string of the molecule is Cc1ccc2nc(-c3ccccc3)n(C)c(=O)c2c1. The number of aryl methyl sites for hydroxylation is 1. The maximum Gasteiger partial charge on any atom is 0.261 e. The molecule has 0 spiro atoms. The number of rotatable bonds is 1. The molecule has 19 heavy (non-hydrogen) atoms. The second-order valence-electron chi connectivity index (χ2n) is 4.69. The lowest BCUT2D eigenvalue weighted by Crippen LogP contribution is -2.20. The molecule has 0 aliphatic rings. The third-order valence-corrected chi connectivity index (χ3v) is 3.26. The Kier molecular flexibility index (Phi) is 2.67. The lowest BCUT2D eigenvalue weighted by atomic mass is 10.1. The van der Waals surface area contributed by atoms with E-state index in [1.54, 1.807) is 11.6 Å². The Morgan fingerprint density at radius 2 is 1.79 bits per heavy atom. The first kappa shape index (κ1) is 11.7. The van der Waals surface area contributed by atoms with Crippen LogP contribution in [0, 0.1) is 6.92 Å². The summed E-state index contributed by atoms with van der Waals surface area (Å²) in [6.07, 6.45) is 0. The Morgan fingerprint density at radius 3 is 2.53 bits per heavy atom. The highest BCUT2D eigenvalue weighted by Crippen LogP contribution is 2.18. The van der Waals surface area contributed by atoms with E-state index in [1.165, 1.54) is 0 Å². The minimum absolute atomic E-state index is 0.00690. The maximum atomic E-state index is 12.4. The molecule has 0 aliphatic heterocycles. The molecule has 0 saturated heterocycles. The molecule has 1 heterocycles. The maximum absolute atomic E-state index is 12.4. The second-order valence-corrected chi connectivity index (χ2v) is 4.69. The summed E-state index contributed by atoms with van der Waals surface area (Å²) in [6.45, 7) is 1.98. The summed E-state index contributed by atoms with van der Waals surface area (Å²) in [7, 11) is 1.76. The van der Waals surface area contributed by atoms with Crippen LogP contribution in [0.25, 0.3) is 22.3 Å². The highest BCUT2D eigenvalue weighted by molar-refractivity contribution is 5.80. The number of aromatic nitrogens is 2. The molecule has 0 aliphatic carbocycles. The van der Waals surface area contributed by atoms with Gasteiger partial charge in [-0.05, 0) is 19.1 Å². The van der Waals surface area contributed by atoms with Crippen LogP contribution in [0.1, 0.15) is 5.56 Å². The third kappa shape index (κ3) is 1.93. The first-order chi connectivity index (χ1) is 9.16. The van der Waals surface area contributed by atoms with Gasteiger partial charge in [0.2, 0.25) is 0 Å². The zero-order valence-corrected chi connectivity index (χ0v) is 10.9. The van der Waals surface area contributed by atoms with E-state index in [0.717, 1.165) is 16.6 Å². The molecule has 0 amide bonds. The van der Waals surface area contributed by atoms with Gasteiger partial charge >= 0.3 is 0 Å². The van der Waals surface area contributed by atoms with Crippen molar-refractivity contribution in [1.82, 2.24) is 9.55 Å². The Hall–Kier alpha value is -2.42. The summed E-state index contributed by atoms with van der Waals surface area (Å²) in [5.74, 6) is 0.696. The van der Waals surface area contributed by atoms with Crippen molar-refractivity contribution in [2.24, 2.45) is 7.05 Å². The van der Waals surface area contributed by atoms with Crippen LogP contribution in [-0.4, -0.2) is 9.55 Å². The van der Waals surface area contributed by atoms with Gasteiger partial charge in [-0.25, -0.2) is 4.98 Å². The highest BCUT2D eigenvalue weighted by atomic mass is 16.1. The monoisotopic (exact) mass is 250 g/mol. The molecule has 0 fully saturated rings. The van der Waals surface area contributed by atoms with Crippen molar-refractivity contribution in [1.29, 1.82) is 0 Å². The minimum atomic E-state index is -0.00690. The van der Waals surface area contributed by atoms with E-state index in [4.69, 9.17) is 0 Å². The lowest BCUT2D eigenvalue weighted by molar-refractivity contribution is 0.855. The van der Waals surface area contributed by atoms with E-state index in [0.29, 0.717) is 11.2 Å². The summed E-state index contributed by atoms with van der Waals surface area (Å²) in [6, 6.07) is 15.5. The predicted molar refractivity (Wildman–Crippen MR) is 77.2 cm³/mol. The van der Waals surface area contributed by atoms with Crippen LogP contribution in [0.15, 0.2) is 53.3 Å². The van der Waals surface area contributed by atoms with Gasteiger partial charge in [-0.15, -0.1) is 0 Å². The molecule has 0 atom stereocenters. The number of benzene rings is 2. The molecule has 3 aromatic rings. The molecular weight excluding hydrogens is 236 g/mol. The number of nitrogens with zero attached hydrogens (tertiary/aromatic N) is 2. The van der Waals surface area contributed by atoms with Crippen molar-refractivity contribution in [3.05, 3.63) is 64.4 Å². The molecule has 3 nitrogen and oxygen atoms in total. The van der Waals surface area contributed by atoms with Gasteiger partial charge in [0.25, 0.3) is 5.56 Å². The van der Waals surface area contributed by atoms with E-state index in [-0.39, 0.29) is 5.56 Å². The van der Waals surface area contributed by atoms with Gasteiger partial charge in [-0.1, -0.05) is 42.0 Å². The molecule has 1 aromatic heterocycles. The number of fused-ring (bicyclic) bond motifs is 1. The highest BCUT2D eigenvalue weighted by Gasteiger charge is 2.09. The molecule has 2 aromatic carbocycles. The van der Waals surface area contributed by atoms with E-state index >= 15 is 0 Å². The van der Waals surface area contributed by atoms with E-state index < -0.39 is 0 Å². The minimum Gasteiger partial charge on any atom is -0.295 e. The molecule has 0 saturated carbocycles. The molecule has 0 N–H and O–H groups in total. The fourth-order valence-electron chi connectivity index (χ4n) is 2.23. The van der Waals surface area contributed by atoms with Crippen LogP contribution < -0.4 is 5.56 Å². The van der Waals surface area contributed by atoms with Gasteiger partial charge in [0.15, 0.2) is 0 Å². The standard InChI is InChI=1S/C16H14N2O/c1-11-8-9-14-13(10-11)16(19)18(2)15(17-14)12-6-4-3-5-7-12/h3-10H,1-2H3. The smallest absolute Gasteiger partial charge is 0.261 e. The zero-order valence-electron chi connectivity index (χ0n) is 10.9. The third-order valence-electron chi connectivity index (χ3n) is 3.26. The quantitative estimate of drug-likeness (QED) is 0.665. The Labute approximate surface area is 111 Å². The van der Waals surface area contributed by atoms with Crippen molar-refractivity contribution in [2.75, 3.05) is 0 Å². The second kappa shape index (κ2) is 4.35. The number of hydrogen-bond acceptors (Lipinski definition) is 2. The van der Waals surface area contributed by atoms with Gasteiger partial charge in [0.05, 0.1) is 10.9 Å². The summed E-state index contributed by atoms with van der Waals surface area (Å²) in [5.41, 5.74) is 2.75. The van der Waals surface area contributed by atoms with Crippen molar-refractivity contribution in [2.45, 2.75) is 6.92 Å². The van der Waals surface area contributed by atoms with E-state index in [2.05, 4.69) is 4.98 Å². The Bertz CT molecular complexity index is 804. The van der Waals surface area contributed by atoms with Crippen LogP contribution in [0.4, 0.5) is 0 Å². The first-order valence-corrected chi connectivity index (χ1v) is 6.19. The molecule has 0 radical (unpaired) electrons. The van der Waals surface area contributed by atoms with E-state index in [9.17, 15) is 4.79 Å². The molecule has 3 rings (SSSR count). The first-order valence-electron chi connectivity index (χ1n) is 6.19. The van der Waals surface area contributed by atoms with Crippen LogP contribution >= 0.6 is 0 Å². The van der Waals surface area contributed by atoms with Gasteiger partial charge in [-0.3, -0.25) is 9.36 Å². The topological polar surface area (TPSA) is 34.9 Å². The molecule has 94 valence electrons. The lowest BCUT2D eigenvalue weighted by Gasteiger charge is -2.09. The van der Waals surface area contributed by atoms with Gasteiger partial charge in [-0.2, -0.15) is 0 Å². The molecule has 0 unspecified atom stereocenters. The Balaban J connectivity index is 2.37. The summed E-state index contributed by atoms with van der Waals surface area (Å²) >= 11 is 0. The van der Waals surface area contributed by atoms with Gasteiger partial charge in [0.1, 0.15) is 5.82 Å².